The zero-order valence-corrected chi connectivity index (χ0v) is 26.3. The number of amides is 1. The fourth-order valence-electron chi connectivity index (χ4n) is 5.16. The molecule has 220 valence electrons. The summed E-state index contributed by atoms with van der Waals surface area (Å²) in [5.41, 5.74) is 0.172. The lowest BCUT2D eigenvalue weighted by Gasteiger charge is -2.40. The van der Waals surface area contributed by atoms with E-state index in [1.807, 2.05) is 23.1 Å². The molecule has 0 aliphatic carbocycles. The standard InChI is InChI=1S/C32H38FNO4S3/c1-4-23(5-2)22-32(36)14-16-34(17-15-32)31(35)20-24-18-28(39-26-8-6-25(33)7-9-26)21-29(19-24)40-27-10-12-30(13-11-27)41(3,37)38/h6-13,18-19,21,23,36H,4-5,14-17,20,22H2,1-3H3. The number of carbonyl (C=O) groups excluding carboxylic acids is 1. The Morgan fingerprint density at radius 3 is 1.90 bits per heavy atom. The molecule has 3 aromatic rings. The molecule has 0 bridgehead atoms. The van der Waals surface area contributed by atoms with Crippen molar-refractivity contribution in [2.45, 2.75) is 82.5 Å². The highest BCUT2D eigenvalue weighted by atomic mass is 32.2. The Balaban J connectivity index is 1.50. The van der Waals surface area contributed by atoms with E-state index in [4.69, 9.17) is 0 Å². The van der Waals surface area contributed by atoms with Gasteiger partial charge in [0.1, 0.15) is 5.82 Å². The summed E-state index contributed by atoms with van der Waals surface area (Å²) in [6.45, 7) is 5.42. The number of hydrogen-bond donors (Lipinski definition) is 1. The van der Waals surface area contributed by atoms with Gasteiger partial charge in [-0.05, 0) is 97.5 Å². The number of halogens is 1. The molecular formula is C32H38FNO4S3. The van der Waals surface area contributed by atoms with Crippen molar-refractivity contribution >= 4 is 39.3 Å². The van der Waals surface area contributed by atoms with Crippen molar-refractivity contribution in [1.82, 2.24) is 4.90 Å². The maximum absolute atomic E-state index is 13.5. The van der Waals surface area contributed by atoms with E-state index in [1.54, 1.807) is 36.4 Å². The molecule has 0 aromatic heterocycles. The Bertz CT molecular complexity index is 1430. The van der Waals surface area contributed by atoms with Gasteiger partial charge in [-0.15, -0.1) is 0 Å². The fourth-order valence-corrected chi connectivity index (χ4v) is 7.74. The van der Waals surface area contributed by atoms with E-state index in [1.165, 1.54) is 41.9 Å². The van der Waals surface area contributed by atoms with E-state index < -0.39 is 15.4 Å². The summed E-state index contributed by atoms with van der Waals surface area (Å²) in [5.74, 6) is 0.241. The second-order valence-corrected chi connectivity index (χ2v) is 15.2. The average Bonchev–Trinajstić information content (AvgIpc) is 2.93. The van der Waals surface area contributed by atoms with Crippen LogP contribution in [0, 0.1) is 11.7 Å². The monoisotopic (exact) mass is 615 g/mol. The lowest BCUT2D eigenvalue weighted by Crippen LogP contribution is -2.47. The first kappa shape index (κ1) is 31.6. The third kappa shape index (κ3) is 9.08. The maximum Gasteiger partial charge on any atom is 0.226 e. The normalized spacial score (nSPS) is 15.3. The van der Waals surface area contributed by atoms with Crippen LogP contribution >= 0.6 is 23.5 Å². The second-order valence-electron chi connectivity index (χ2n) is 10.9. The van der Waals surface area contributed by atoms with Crippen LogP contribution in [0.4, 0.5) is 4.39 Å². The lowest BCUT2D eigenvalue weighted by molar-refractivity contribution is -0.135. The van der Waals surface area contributed by atoms with Gasteiger partial charge < -0.3 is 10.0 Å². The summed E-state index contributed by atoms with van der Waals surface area (Å²) in [4.78, 5) is 19.1. The Kier molecular flexibility index (Phi) is 10.6. The molecule has 0 saturated carbocycles. The van der Waals surface area contributed by atoms with Crippen LogP contribution < -0.4 is 0 Å². The van der Waals surface area contributed by atoms with Crippen LogP contribution in [0.5, 0.6) is 0 Å². The summed E-state index contributed by atoms with van der Waals surface area (Å²) >= 11 is 2.99. The maximum atomic E-state index is 13.5. The Hall–Kier alpha value is -2.33. The average molecular weight is 616 g/mol. The minimum atomic E-state index is -3.28. The summed E-state index contributed by atoms with van der Waals surface area (Å²) in [6.07, 6.45) is 5.51. The molecule has 1 N–H and O–H groups in total. The first-order valence-electron chi connectivity index (χ1n) is 14.0. The number of nitrogens with zero attached hydrogens (tertiary/aromatic N) is 1. The molecule has 41 heavy (non-hydrogen) atoms. The highest BCUT2D eigenvalue weighted by molar-refractivity contribution is 8.00. The van der Waals surface area contributed by atoms with Crippen LogP contribution in [0.25, 0.3) is 0 Å². The molecule has 1 fully saturated rings. The van der Waals surface area contributed by atoms with Gasteiger partial charge >= 0.3 is 0 Å². The van der Waals surface area contributed by atoms with Gasteiger partial charge in [0.25, 0.3) is 0 Å². The minimum absolute atomic E-state index is 0.0342. The van der Waals surface area contributed by atoms with E-state index in [-0.39, 0.29) is 23.0 Å². The summed E-state index contributed by atoms with van der Waals surface area (Å²) in [6, 6.07) is 19.1. The molecule has 3 aromatic carbocycles. The largest absolute Gasteiger partial charge is 0.390 e. The number of hydrogen-bond acceptors (Lipinski definition) is 6. The van der Waals surface area contributed by atoms with E-state index in [0.29, 0.717) is 31.8 Å². The molecule has 1 saturated heterocycles. The highest BCUT2D eigenvalue weighted by Gasteiger charge is 2.35. The molecular weight excluding hydrogens is 578 g/mol. The van der Waals surface area contributed by atoms with Crippen LogP contribution in [-0.4, -0.2) is 49.3 Å². The van der Waals surface area contributed by atoms with Crippen molar-refractivity contribution in [1.29, 1.82) is 0 Å². The number of benzene rings is 3. The van der Waals surface area contributed by atoms with Crippen LogP contribution in [0.3, 0.4) is 0 Å². The molecule has 1 amide bonds. The molecule has 4 rings (SSSR count). The van der Waals surface area contributed by atoms with E-state index in [0.717, 1.165) is 44.4 Å². The number of sulfone groups is 1. The number of piperidine rings is 1. The van der Waals surface area contributed by atoms with E-state index in [2.05, 4.69) is 13.8 Å². The van der Waals surface area contributed by atoms with Crippen molar-refractivity contribution in [3.63, 3.8) is 0 Å². The first-order valence-corrected chi connectivity index (χ1v) is 17.5. The Labute approximate surface area is 251 Å². The van der Waals surface area contributed by atoms with Crippen LogP contribution in [0.1, 0.15) is 51.5 Å². The van der Waals surface area contributed by atoms with Gasteiger partial charge in [-0.25, -0.2) is 12.8 Å². The van der Waals surface area contributed by atoms with E-state index in [9.17, 15) is 22.7 Å². The number of likely N-dealkylation sites (tertiary alicyclic amines) is 1. The van der Waals surface area contributed by atoms with Gasteiger partial charge in [0.2, 0.25) is 5.91 Å². The van der Waals surface area contributed by atoms with Crippen molar-refractivity contribution < 1.29 is 22.7 Å². The quantitative estimate of drug-likeness (QED) is 0.245. The highest BCUT2D eigenvalue weighted by Crippen LogP contribution is 2.36. The SMILES string of the molecule is CCC(CC)CC1(O)CCN(C(=O)Cc2cc(Sc3ccc(F)cc3)cc(Sc3ccc(S(C)(=O)=O)cc3)c2)CC1. The molecule has 9 heteroatoms. The number of carbonyl (C=O) groups is 1. The molecule has 1 aliphatic heterocycles. The molecule has 0 atom stereocenters. The van der Waals surface area contributed by atoms with Crippen molar-refractivity contribution in [2.24, 2.45) is 5.92 Å². The van der Waals surface area contributed by atoms with Crippen LogP contribution in [0.2, 0.25) is 0 Å². The van der Waals surface area contributed by atoms with Crippen molar-refractivity contribution in [3.8, 4) is 0 Å². The lowest BCUT2D eigenvalue weighted by atomic mass is 9.81. The molecule has 0 radical (unpaired) electrons. The summed E-state index contributed by atoms with van der Waals surface area (Å²) < 4.78 is 37.2. The van der Waals surface area contributed by atoms with Gasteiger partial charge in [0, 0.05) is 38.9 Å². The summed E-state index contributed by atoms with van der Waals surface area (Å²) in [5, 5.41) is 11.1. The van der Waals surface area contributed by atoms with Crippen molar-refractivity contribution in [3.05, 3.63) is 78.1 Å². The third-order valence-corrected chi connectivity index (χ3v) is 10.8. The third-order valence-electron chi connectivity index (χ3n) is 7.70. The molecule has 0 spiro atoms. The first-order chi connectivity index (χ1) is 19.5. The molecule has 5 nitrogen and oxygen atoms in total. The Morgan fingerprint density at radius 1 is 0.902 bits per heavy atom. The topological polar surface area (TPSA) is 74.7 Å². The van der Waals surface area contributed by atoms with E-state index >= 15 is 0 Å². The van der Waals surface area contributed by atoms with Gasteiger partial charge in [-0.1, -0.05) is 50.2 Å². The smallest absolute Gasteiger partial charge is 0.226 e. The van der Waals surface area contributed by atoms with Gasteiger partial charge in [-0.3, -0.25) is 4.79 Å². The zero-order chi connectivity index (χ0) is 29.6. The van der Waals surface area contributed by atoms with Gasteiger partial charge in [-0.2, -0.15) is 0 Å². The minimum Gasteiger partial charge on any atom is -0.390 e. The van der Waals surface area contributed by atoms with Crippen LogP contribution in [0.15, 0.2) is 91.2 Å². The second kappa shape index (κ2) is 13.8. The predicted octanol–water partition coefficient (Wildman–Crippen LogP) is 7.25. The molecule has 1 aliphatic rings. The molecule has 1 heterocycles. The van der Waals surface area contributed by atoms with Gasteiger partial charge in [0.15, 0.2) is 9.84 Å². The van der Waals surface area contributed by atoms with Gasteiger partial charge in [0.05, 0.1) is 16.9 Å². The fraction of sp³-hybridized carbons (Fsp3) is 0.406. The predicted molar refractivity (Wildman–Crippen MR) is 164 cm³/mol. The number of aliphatic hydroxyl groups is 1. The summed E-state index contributed by atoms with van der Waals surface area (Å²) in [7, 11) is -3.28. The van der Waals surface area contributed by atoms with Crippen molar-refractivity contribution in [2.75, 3.05) is 19.3 Å². The zero-order valence-electron chi connectivity index (χ0n) is 23.8. The Morgan fingerprint density at radius 2 is 1.41 bits per heavy atom. The molecule has 0 unspecified atom stereocenters. The van der Waals surface area contributed by atoms with Crippen LogP contribution in [-0.2, 0) is 21.1 Å². The number of rotatable bonds is 11.